The topological polar surface area (TPSA) is 63.1 Å². The molecule has 1 aromatic heterocycles. The Kier molecular flexibility index (Phi) is 7.01. The highest BCUT2D eigenvalue weighted by Gasteiger charge is 2.11. The minimum atomic E-state index is -0.0714. The molecular formula is C28H29N3O2. The van der Waals surface area contributed by atoms with Gasteiger partial charge in [-0.3, -0.25) is 9.59 Å². The van der Waals surface area contributed by atoms with Crippen molar-refractivity contribution in [3.8, 4) is 11.1 Å². The highest BCUT2D eigenvalue weighted by atomic mass is 16.1. The lowest BCUT2D eigenvalue weighted by atomic mass is 10.0. The summed E-state index contributed by atoms with van der Waals surface area (Å²) < 4.78 is 2.14. The van der Waals surface area contributed by atoms with Crippen molar-refractivity contribution in [2.45, 2.75) is 26.3 Å². The molecule has 0 aliphatic rings. The van der Waals surface area contributed by atoms with E-state index in [1.165, 1.54) is 5.56 Å². The third kappa shape index (κ3) is 5.38. The van der Waals surface area contributed by atoms with Gasteiger partial charge in [0.05, 0.1) is 6.54 Å². The highest BCUT2D eigenvalue weighted by molar-refractivity contribution is 5.98. The van der Waals surface area contributed by atoms with Crippen molar-refractivity contribution in [1.29, 1.82) is 0 Å². The fourth-order valence-corrected chi connectivity index (χ4v) is 3.97. The Morgan fingerprint density at radius 2 is 1.76 bits per heavy atom. The van der Waals surface area contributed by atoms with Gasteiger partial charge in [-0.2, -0.15) is 0 Å². The van der Waals surface area contributed by atoms with Gasteiger partial charge >= 0.3 is 0 Å². The van der Waals surface area contributed by atoms with Crippen LogP contribution in [0.25, 0.3) is 22.0 Å². The number of amides is 1. The van der Waals surface area contributed by atoms with Gasteiger partial charge in [0.15, 0.2) is 0 Å². The molecule has 33 heavy (non-hydrogen) atoms. The molecule has 0 radical (unpaired) electrons. The molecule has 5 nitrogen and oxygen atoms in total. The van der Waals surface area contributed by atoms with Gasteiger partial charge in [-0.05, 0) is 35.2 Å². The van der Waals surface area contributed by atoms with E-state index < -0.39 is 0 Å². The summed E-state index contributed by atoms with van der Waals surface area (Å²) in [6.45, 7) is 5.84. The molecule has 0 aliphatic carbocycles. The summed E-state index contributed by atoms with van der Waals surface area (Å²) in [5.74, 6) is 0.393. The molecule has 4 aromatic rings. The highest BCUT2D eigenvalue weighted by Crippen LogP contribution is 2.31. The van der Waals surface area contributed by atoms with Gasteiger partial charge < -0.3 is 15.2 Å². The molecule has 3 aromatic carbocycles. The van der Waals surface area contributed by atoms with Crippen molar-refractivity contribution in [3.05, 3.63) is 90.1 Å². The first kappa shape index (κ1) is 22.5. The van der Waals surface area contributed by atoms with Crippen LogP contribution in [-0.2, 0) is 11.3 Å². The van der Waals surface area contributed by atoms with Gasteiger partial charge in [-0.1, -0.05) is 68.4 Å². The number of rotatable bonds is 9. The Hall–Kier alpha value is -3.70. The third-order valence-electron chi connectivity index (χ3n) is 5.80. The number of benzene rings is 3. The molecule has 2 N–H and O–H groups in total. The summed E-state index contributed by atoms with van der Waals surface area (Å²) in [7, 11) is 0. The van der Waals surface area contributed by atoms with E-state index in [-0.39, 0.29) is 12.5 Å². The van der Waals surface area contributed by atoms with Gasteiger partial charge in [-0.15, -0.1) is 0 Å². The number of fused-ring (bicyclic) bond motifs is 1. The Morgan fingerprint density at radius 3 is 2.45 bits per heavy atom. The first-order valence-electron chi connectivity index (χ1n) is 11.3. The van der Waals surface area contributed by atoms with Crippen LogP contribution in [0.5, 0.6) is 0 Å². The second kappa shape index (κ2) is 10.3. The van der Waals surface area contributed by atoms with Crippen molar-refractivity contribution < 1.29 is 9.59 Å². The summed E-state index contributed by atoms with van der Waals surface area (Å²) in [5, 5.41) is 7.26. The van der Waals surface area contributed by atoms with Crippen LogP contribution in [-0.4, -0.2) is 29.8 Å². The zero-order valence-electron chi connectivity index (χ0n) is 19.0. The lowest BCUT2D eigenvalue weighted by Gasteiger charge is -2.10. The van der Waals surface area contributed by atoms with Crippen LogP contribution in [0.4, 0.5) is 5.69 Å². The Balaban J connectivity index is 1.39. The SMILES string of the molecule is CC(C)c1ccc(NC(=O)CNCCn2cc(-c3ccccc3)c3ccc(C=O)cc32)cc1. The number of aldehydes is 1. The lowest BCUT2D eigenvalue weighted by molar-refractivity contribution is -0.115. The third-order valence-corrected chi connectivity index (χ3v) is 5.80. The molecule has 5 heteroatoms. The molecule has 0 unspecified atom stereocenters. The van der Waals surface area contributed by atoms with Crippen LogP contribution < -0.4 is 10.6 Å². The van der Waals surface area contributed by atoms with Gasteiger partial charge in [0, 0.05) is 47.0 Å². The van der Waals surface area contributed by atoms with E-state index in [1.54, 1.807) is 0 Å². The molecule has 1 amide bonds. The second-order valence-electron chi connectivity index (χ2n) is 8.50. The van der Waals surface area contributed by atoms with Crippen LogP contribution in [0.2, 0.25) is 0 Å². The van der Waals surface area contributed by atoms with Crippen molar-refractivity contribution in [1.82, 2.24) is 9.88 Å². The molecule has 4 rings (SSSR count). The van der Waals surface area contributed by atoms with Crippen LogP contribution in [0.15, 0.2) is 79.0 Å². The fourth-order valence-electron chi connectivity index (χ4n) is 3.97. The van der Waals surface area contributed by atoms with Crippen LogP contribution in [0.3, 0.4) is 0 Å². The minimum Gasteiger partial charge on any atom is -0.346 e. The normalized spacial score (nSPS) is 11.1. The zero-order valence-corrected chi connectivity index (χ0v) is 19.0. The second-order valence-corrected chi connectivity index (χ2v) is 8.50. The molecular weight excluding hydrogens is 410 g/mol. The number of carbonyl (C=O) groups is 2. The summed E-state index contributed by atoms with van der Waals surface area (Å²) in [6, 6.07) is 24.0. The predicted molar refractivity (Wildman–Crippen MR) is 135 cm³/mol. The predicted octanol–water partition coefficient (Wildman–Crippen LogP) is 5.47. The number of nitrogens with one attached hydrogen (secondary N) is 2. The van der Waals surface area contributed by atoms with E-state index in [0.29, 0.717) is 24.6 Å². The number of hydrogen-bond donors (Lipinski definition) is 2. The number of anilines is 1. The Labute approximate surface area is 194 Å². The molecule has 0 saturated carbocycles. The number of carbonyl (C=O) groups excluding carboxylic acids is 2. The van der Waals surface area contributed by atoms with E-state index >= 15 is 0 Å². The van der Waals surface area contributed by atoms with Crippen molar-refractivity contribution in [2.24, 2.45) is 0 Å². The monoisotopic (exact) mass is 439 g/mol. The maximum atomic E-state index is 12.3. The average molecular weight is 440 g/mol. The van der Waals surface area contributed by atoms with Crippen LogP contribution in [0, 0.1) is 0 Å². The van der Waals surface area contributed by atoms with Crippen molar-refractivity contribution in [3.63, 3.8) is 0 Å². The maximum absolute atomic E-state index is 12.3. The number of nitrogens with zero attached hydrogens (tertiary/aromatic N) is 1. The molecule has 0 fully saturated rings. The largest absolute Gasteiger partial charge is 0.346 e. The van der Waals surface area contributed by atoms with Crippen LogP contribution >= 0.6 is 0 Å². The standard InChI is InChI=1S/C28H29N3O2/c1-20(2)22-9-11-24(12-10-22)30-28(33)17-29-14-15-31-18-26(23-6-4-3-5-7-23)25-13-8-21(19-32)16-27(25)31/h3-13,16,18-20,29H,14-15,17H2,1-2H3,(H,30,33). The summed E-state index contributed by atoms with van der Waals surface area (Å²) >= 11 is 0. The van der Waals surface area contributed by atoms with E-state index in [0.717, 1.165) is 34.0 Å². The van der Waals surface area contributed by atoms with Gasteiger partial charge in [0.1, 0.15) is 6.29 Å². The molecule has 0 saturated heterocycles. The van der Waals surface area contributed by atoms with E-state index in [2.05, 4.69) is 47.4 Å². The summed E-state index contributed by atoms with van der Waals surface area (Å²) in [5.41, 5.74) is 5.97. The maximum Gasteiger partial charge on any atom is 0.238 e. The Bertz CT molecular complexity index is 1240. The number of hydrogen-bond acceptors (Lipinski definition) is 3. The van der Waals surface area contributed by atoms with E-state index in [1.807, 2.05) is 60.7 Å². The van der Waals surface area contributed by atoms with Crippen LogP contribution in [0.1, 0.15) is 35.7 Å². The van der Waals surface area contributed by atoms with Crippen molar-refractivity contribution >= 4 is 28.8 Å². The average Bonchev–Trinajstić information content (AvgIpc) is 3.20. The molecule has 0 bridgehead atoms. The Morgan fingerprint density at radius 1 is 1.00 bits per heavy atom. The molecule has 0 aliphatic heterocycles. The fraction of sp³-hybridized carbons (Fsp3) is 0.214. The van der Waals surface area contributed by atoms with Crippen molar-refractivity contribution in [2.75, 3.05) is 18.4 Å². The van der Waals surface area contributed by atoms with E-state index in [4.69, 9.17) is 0 Å². The summed E-state index contributed by atoms with van der Waals surface area (Å²) in [4.78, 5) is 23.6. The summed E-state index contributed by atoms with van der Waals surface area (Å²) in [6.07, 6.45) is 2.99. The molecule has 1 heterocycles. The van der Waals surface area contributed by atoms with E-state index in [9.17, 15) is 9.59 Å². The first-order chi connectivity index (χ1) is 16.0. The smallest absolute Gasteiger partial charge is 0.238 e. The molecule has 0 atom stereocenters. The first-order valence-corrected chi connectivity index (χ1v) is 11.3. The zero-order chi connectivity index (χ0) is 23.2. The quantitative estimate of drug-likeness (QED) is 0.268. The van der Waals surface area contributed by atoms with Gasteiger partial charge in [-0.25, -0.2) is 0 Å². The molecule has 168 valence electrons. The minimum absolute atomic E-state index is 0.0714. The number of aromatic nitrogens is 1. The van der Waals surface area contributed by atoms with Gasteiger partial charge in [0.25, 0.3) is 0 Å². The lowest BCUT2D eigenvalue weighted by Crippen LogP contribution is -2.30. The van der Waals surface area contributed by atoms with Gasteiger partial charge in [0.2, 0.25) is 5.91 Å². The molecule has 0 spiro atoms.